The van der Waals surface area contributed by atoms with Crippen molar-refractivity contribution in [3.05, 3.63) is 146 Å². The zero-order chi connectivity index (χ0) is 26.7. The first-order valence-corrected chi connectivity index (χ1v) is 13.2. The molecule has 7 aromatic rings. The van der Waals surface area contributed by atoms with Crippen molar-refractivity contribution in [2.45, 2.75) is 0 Å². The molecular formula is C36H24N4. The van der Waals surface area contributed by atoms with Crippen molar-refractivity contribution < 1.29 is 0 Å². The van der Waals surface area contributed by atoms with Crippen molar-refractivity contribution in [1.82, 2.24) is 19.9 Å². The first-order chi connectivity index (χ1) is 19.8. The summed E-state index contributed by atoms with van der Waals surface area (Å²) >= 11 is 0. The van der Waals surface area contributed by atoms with Crippen LogP contribution in [0, 0.1) is 0 Å². The van der Waals surface area contributed by atoms with Gasteiger partial charge in [-0.1, -0.05) is 115 Å². The number of fused-ring (bicyclic) bond motifs is 1. The van der Waals surface area contributed by atoms with Gasteiger partial charge in [-0.3, -0.25) is 9.97 Å². The fourth-order valence-corrected chi connectivity index (χ4v) is 5.06. The van der Waals surface area contributed by atoms with Gasteiger partial charge in [0, 0.05) is 40.7 Å². The van der Waals surface area contributed by atoms with Crippen LogP contribution in [-0.4, -0.2) is 19.9 Å². The number of benzene rings is 4. The Morgan fingerprint density at radius 1 is 0.350 bits per heavy atom. The van der Waals surface area contributed by atoms with E-state index in [-0.39, 0.29) is 0 Å². The van der Waals surface area contributed by atoms with Gasteiger partial charge in [0.25, 0.3) is 0 Å². The molecule has 0 N–H and O–H groups in total. The second-order valence-corrected chi connectivity index (χ2v) is 9.55. The molecule has 188 valence electrons. The minimum Gasteiger partial charge on any atom is -0.264 e. The summed E-state index contributed by atoms with van der Waals surface area (Å²) in [6, 6.07) is 43.3. The number of hydrogen-bond donors (Lipinski definition) is 0. The van der Waals surface area contributed by atoms with Crippen LogP contribution in [0.25, 0.3) is 67.1 Å². The second kappa shape index (κ2) is 10.4. The van der Waals surface area contributed by atoms with Crippen molar-refractivity contribution in [3.8, 4) is 56.3 Å². The summed E-state index contributed by atoms with van der Waals surface area (Å²) in [5, 5.41) is 2.16. The van der Waals surface area contributed by atoms with Crippen molar-refractivity contribution in [3.63, 3.8) is 0 Å². The van der Waals surface area contributed by atoms with E-state index < -0.39 is 0 Å². The molecule has 0 saturated carbocycles. The van der Waals surface area contributed by atoms with E-state index in [1.165, 1.54) is 0 Å². The van der Waals surface area contributed by atoms with Crippen LogP contribution in [0.15, 0.2) is 146 Å². The molecule has 0 bridgehead atoms. The quantitative estimate of drug-likeness (QED) is 0.231. The summed E-state index contributed by atoms with van der Waals surface area (Å²) in [6.45, 7) is 0. The molecule has 0 aliphatic carbocycles. The van der Waals surface area contributed by atoms with E-state index in [2.05, 4.69) is 71.7 Å². The monoisotopic (exact) mass is 512 g/mol. The summed E-state index contributed by atoms with van der Waals surface area (Å²) in [4.78, 5) is 19.8. The molecule has 0 amide bonds. The summed E-state index contributed by atoms with van der Waals surface area (Å²) < 4.78 is 0. The Hall–Kier alpha value is -5.48. The van der Waals surface area contributed by atoms with Crippen LogP contribution in [0.4, 0.5) is 0 Å². The van der Waals surface area contributed by atoms with Gasteiger partial charge in [0.2, 0.25) is 0 Å². The molecule has 4 nitrogen and oxygen atoms in total. The number of rotatable bonds is 5. The lowest BCUT2D eigenvalue weighted by atomic mass is 9.98. The van der Waals surface area contributed by atoms with Gasteiger partial charge in [-0.2, -0.15) is 0 Å². The van der Waals surface area contributed by atoms with Crippen LogP contribution in [0.5, 0.6) is 0 Å². The van der Waals surface area contributed by atoms with Crippen molar-refractivity contribution in [2.24, 2.45) is 0 Å². The van der Waals surface area contributed by atoms with Crippen LogP contribution in [0.1, 0.15) is 0 Å². The number of nitrogens with zero attached hydrogens (tertiary/aromatic N) is 4. The molecule has 3 aromatic heterocycles. The Labute approximate surface area is 232 Å². The molecule has 0 spiro atoms. The van der Waals surface area contributed by atoms with Crippen molar-refractivity contribution in [2.75, 3.05) is 0 Å². The summed E-state index contributed by atoms with van der Waals surface area (Å²) in [6.07, 6.45) is 5.52. The predicted octanol–water partition coefficient (Wildman–Crippen LogP) is 8.75. The molecule has 0 unspecified atom stereocenters. The lowest BCUT2D eigenvalue weighted by Crippen LogP contribution is -2.02. The Kier molecular flexibility index (Phi) is 6.11. The lowest BCUT2D eigenvalue weighted by Gasteiger charge is -2.16. The molecule has 0 saturated heterocycles. The second-order valence-electron chi connectivity index (χ2n) is 9.55. The van der Waals surface area contributed by atoms with E-state index in [1.807, 2.05) is 73.1 Å². The predicted molar refractivity (Wildman–Crippen MR) is 162 cm³/mol. The van der Waals surface area contributed by atoms with Gasteiger partial charge in [0.05, 0.1) is 22.8 Å². The maximum atomic E-state index is 5.36. The van der Waals surface area contributed by atoms with Crippen LogP contribution >= 0.6 is 0 Å². The molecule has 4 aromatic carbocycles. The first-order valence-electron chi connectivity index (χ1n) is 13.2. The van der Waals surface area contributed by atoms with Gasteiger partial charge in [0.15, 0.2) is 0 Å². The Bertz CT molecular complexity index is 1910. The molecule has 0 radical (unpaired) electrons. The SMILES string of the molecule is c1ccc(-c2nc(-c3nccc4ccccc34)c(-c3ccccc3)nc2-c2ccc(-c3cccnc3)cc2)cc1. The minimum absolute atomic E-state index is 0.762. The van der Waals surface area contributed by atoms with E-state index in [0.29, 0.717) is 0 Å². The molecule has 40 heavy (non-hydrogen) atoms. The third-order valence-corrected chi connectivity index (χ3v) is 7.04. The molecule has 4 heteroatoms. The smallest absolute Gasteiger partial charge is 0.116 e. The van der Waals surface area contributed by atoms with E-state index in [1.54, 1.807) is 6.20 Å². The van der Waals surface area contributed by atoms with E-state index >= 15 is 0 Å². The number of aromatic nitrogens is 4. The van der Waals surface area contributed by atoms with Crippen molar-refractivity contribution >= 4 is 10.8 Å². The molecule has 0 fully saturated rings. The molecule has 3 heterocycles. The highest BCUT2D eigenvalue weighted by Gasteiger charge is 2.21. The third-order valence-electron chi connectivity index (χ3n) is 7.04. The molecule has 7 rings (SSSR count). The van der Waals surface area contributed by atoms with Crippen LogP contribution < -0.4 is 0 Å². The fourth-order valence-electron chi connectivity index (χ4n) is 5.06. The standard InChI is InChI=1S/C36H24N4/c1-3-11-27(12-4-1)32-33(29-19-17-25(18-20-29)30-15-9-22-37-24-30)39-34(28-13-5-2-6-14-28)36(40-32)35-31-16-8-7-10-26(31)21-23-38-35/h1-24H. The third kappa shape index (κ3) is 4.42. The van der Waals surface area contributed by atoms with Crippen LogP contribution in [0.3, 0.4) is 0 Å². The molecular weight excluding hydrogens is 488 g/mol. The summed E-state index contributed by atoms with van der Waals surface area (Å²) in [5.74, 6) is 0. The summed E-state index contributed by atoms with van der Waals surface area (Å²) in [7, 11) is 0. The lowest BCUT2D eigenvalue weighted by molar-refractivity contribution is 1.19. The van der Waals surface area contributed by atoms with Gasteiger partial charge in [-0.15, -0.1) is 0 Å². The number of pyridine rings is 2. The zero-order valence-electron chi connectivity index (χ0n) is 21.6. The van der Waals surface area contributed by atoms with E-state index in [9.17, 15) is 0 Å². The maximum absolute atomic E-state index is 5.36. The van der Waals surface area contributed by atoms with E-state index in [4.69, 9.17) is 15.0 Å². The largest absolute Gasteiger partial charge is 0.264 e. The topological polar surface area (TPSA) is 51.6 Å². The average molecular weight is 513 g/mol. The zero-order valence-corrected chi connectivity index (χ0v) is 21.6. The van der Waals surface area contributed by atoms with E-state index in [0.717, 1.165) is 67.1 Å². The molecule has 0 atom stereocenters. The molecule has 0 aliphatic rings. The minimum atomic E-state index is 0.762. The fraction of sp³-hybridized carbons (Fsp3) is 0. The summed E-state index contributed by atoms with van der Waals surface area (Å²) in [5.41, 5.74) is 9.19. The maximum Gasteiger partial charge on any atom is 0.116 e. The Morgan fingerprint density at radius 3 is 1.57 bits per heavy atom. The van der Waals surface area contributed by atoms with Gasteiger partial charge in [0.1, 0.15) is 5.69 Å². The van der Waals surface area contributed by atoms with Crippen LogP contribution in [0.2, 0.25) is 0 Å². The van der Waals surface area contributed by atoms with Gasteiger partial charge < -0.3 is 0 Å². The molecule has 0 aliphatic heterocycles. The van der Waals surface area contributed by atoms with Gasteiger partial charge >= 0.3 is 0 Å². The van der Waals surface area contributed by atoms with Crippen LogP contribution in [-0.2, 0) is 0 Å². The average Bonchev–Trinajstić information content (AvgIpc) is 3.05. The number of hydrogen-bond acceptors (Lipinski definition) is 4. The normalized spacial score (nSPS) is 11.0. The Morgan fingerprint density at radius 2 is 0.900 bits per heavy atom. The van der Waals surface area contributed by atoms with Gasteiger partial charge in [-0.25, -0.2) is 9.97 Å². The first kappa shape index (κ1) is 23.6. The highest BCUT2D eigenvalue weighted by atomic mass is 14.9. The van der Waals surface area contributed by atoms with Crippen molar-refractivity contribution in [1.29, 1.82) is 0 Å². The van der Waals surface area contributed by atoms with Gasteiger partial charge in [-0.05, 0) is 28.6 Å². The highest BCUT2D eigenvalue weighted by Crippen LogP contribution is 2.38. The Balaban J connectivity index is 1.50. The highest BCUT2D eigenvalue weighted by molar-refractivity contribution is 5.97.